The molecule has 0 bridgehead atoms. The summed E-state index contributed by atoms with van der Waals surface area (Å²) < 4.78 is 2.15. The van der Waals surface area contributed by atoms with Crippen LogP contribution in [-0.4, -0.2) is 28.4 Å². The molecule has 3 aromatic rings. The number of anilines is 1. The van der Waals surface area contributed by atoms with Crippen LogP contribution < -0.4 is 5.73 Å². The van der Waals surface area contributed by atoms with E-state index >= 15 is 0 Å². The summed E-state index contributed by atoms with van der Waals surface area (Å²) >= 11 is 1.66. The second-order valence-electron chi connectivity index (χ2n) is 4.83. The lowest BCUT2D eigenvalue weighted by Crippen LogP contribution is -2.11. The van der Waals surface area contributed by atoms with Crippen molar-refractivity contribution in [1.29, 1.82) is 0 Å². The van der Waals surface area contributed by atoms with E-state index in [0.717, 1.165) is 28.5 Å². The van der Waals surface area contributed by atoms with Gasteiger partial charge in [0.05, 0.1) is 5.69 Å². The average molecular weight is 302 g/mol. The minimum atomic E-state index is 0.766. The molecule has 0 aliphatic carbocycles. The third kappa shape index (κ3) is 3.25. The molecule has 0 amide bonds. The highest BCUT2D eigenvalue weighted by atomic mass is 32.1. The van der Waals surface area contributed by atoms with Crippen LogP contribution in [-0.2, 0) is 6.54 Å². The van der Waals surface area contributed by atoms with E-state index in [2.05, 4.69) is 40.0 Å². The highest BCUT2D eigenvalue weighted by molar-refractivity contribution is 7.15. The second-order valence-corrected chi connectivity index (χ2v) is 5.67. The van der Waals surface area contributed by atoms with Crippen molar-refractivity contribution in [2.24, 2.45) is 0 Å². The first-order valence-electron chi connectivity index (χ1n) is 7.10. The average Bonchev–Trinajstić information content (AvgIpc) is 3.03. The molecule has 0 saturated heterocycles. The summed E-state index contributed by atoms with van der Waals surface area (Å²) in [6, 6.07) is 7.84. The number of para-hydroxylation sites is 1. The van der Waals surface area contributed by atoms with Gasteiger partial charge in [-0.25, -0.2) is 4.98 Å². The molecular weight excluding hydrogens is 280 g/mol. The summed E-state index contributed by atoms with van der Waals surface area (Å²) in [7, 11) is 4.13. The smallest absolute Gasteiger partial charge is 0.194 e. The van der Waals surface area contributed by atoms with Crippen molar-refractivity contribution in [3.8, 4) is 11.3 Å². The lowest BCUT2D eigenvalue weighted by molar-refractivity contribution is 0.396. The first kappa shape index (κ1) is 15.5. The molecule has 112 valence electrons. The molecule has 0 atom stereocenters. The Morgan fingerprint density at radius 3 is 2.62 bits per heavy atom. The Morgan fingerprint density at radius 2 is 1.95 bits per heavy atom. The Labute approximate surface area is 129 Å². The zero-order valence-electron chi connectivity index (χ0n) is 13.0. The molecule has 0 fully saturated rings. The van der Waals surface area contributed by atoms with Crippen molar-refractivity contribution in [3.05, 3.63) is 41.5 Å². The number of hydrogen-bond acceptors (Lipinski definition) is 4. The fraction of sp³-hybridized carbons (Fsp3) is 0.312. The summed E-state index contributed by atoms with van der Waals surface area (Å²) in [6.07, 6.45) is 2.07. The van der Waals surface area contributed by atoms with Gasteiger partial charge in [0.2, 0.25) is 0 Å². The number of aromatic nitrogens is 2. The predicted molar refractivity (Wildman–Crippen MR) is 91.7 cm³/mol. The largest absolute Gasteiger partial charge is 0.398 e. The van der Waals surface area contributed by atoms with Gasteiger partial charge in [-0.3, -0.25) is 4.40 Å². The second kappa shape index (κ2) is 6.74. The van der Waals surface area contributed by atoms with Crippen molar-refractivity contribution in [3.63, 3.8) is 0 Å². The molecule has 5 heteroatoms. The van der Waals surface area contributed by atoms with Crippen LogP contribution in [0.15, 0.2) is 35.8 Å². The molecule has 2 aromatic heterocycles. The van der Waals surface area contributed by atoms with E-state index in [1.165, 1.54) is 5.69 Å². The zero-order chi connectivity index (χ0) is 15.4. The van der Waals surface area contributed by atoms with E-state index in [1.54, 1.807) is 11.3 Å². The first-order chi connectivity index (χ1) is 10.1. The van der Waals surface area contributed by atoms with Gasteiger partial charge in [-0.15, -0.1) is 11.3 Å². The van der Waals surface area contributed by atoms with Crippen molar-refractivity contribution in [2.75, 3.05) is 19.8 Å². The summed E-state index contributed by atoms with van der Waals surface area (Å²) in [6.45, 7) is 4.90. The molecule has 3 rings (SSSR count). The summed E-state index contributed by atoms with van der Waals surface area (Å²) in [5.41, 5.74) is 9.95. The molecule has 0 aliphatic heterocycles. The fourth-order valence-electron chi connectivity index (χ4n) is 2.13. The van der Waals surface area contributed by atoms with Crippen LogP contribution in [0.1, 0.15) is 19.5 Å². The molecule has 1 aromatic carbocycles. The Kier molecular flexibility index (Phi) is 4.98. The monoisotopic (exact) mass is 302 g/mol. The van der Waals surface area contributed by atoms with E-state index in [1.807, 2.05) is 38.1 Å². The van der Waals surface area contributed by atoms with E-state index in [4.69, 9.17) is 5.73 Å². The molecule has 0 spiro atoms. The van der Waals surface area contributed by atoms with E-state index < -0.39 is 0 Å². The van der Waals surface area contributed by atoms with E-state index in [0.29, 0.717) is 0 Å². The van der Waals surface area contributed by atoms with Crippen LogP contribution in [0, 0.1) is 0 Å². The Hall–Kier alpha value is -1.85. The minimum Gasteiger partial charge on any atom is -0.398 e. The van der Waals surface area contributed by atoms with Gasteiger partial charge >= 0.3 is 0 Å². The molecule has 0 radical (unpaired) electrons. The van der Waals surface area contributed by atoms with Crippen LogP contribution in [0.25, 0.3) is 16.2 Å². The molecule has 2 N–H and O–H groups in total. The maximum atomic E-state index is 6.01. The molecule has 21 heavy (non-hydrogen) atoms. The number of thiazole rings is 1. The number of nitrogen functional groups attached to an aromatic ring is 1. The number of nitrogens with two attached hydrogens (primary N) is 1. The van der Waals surface area contributed by atoms with Gasteiger partial charge in [-0.05, 0) is 20.2 Å². The van der Waals surface area contributed by atoms with Crippen LogP contribution in [0.5, 0.6) is 0 Å². The number of rotatable bonds is 3. The zero-order valence-corrected chi connectivity index (χ0v) is 13.8. The van der Waals surface area contributed by atoms with E-state index in [-0.39, 0.29) is 0 Å². The summed E-state index contributed by atoms with van der Waals surface area (Å²) in [5.74, 6) is 0. The molecule has 0 saturated carbocycles. The van der Waals surface area contributed by atoms with Crippen LogP contribution in [0.4, 0.5) is 5.69 Å². The first-order valence-corrected chi connectivity index (χ1v) is 7.98. The molecular formula is C16H22N4S. The number of benzene rings is 1. The lowest BCUT2D eigenvalue weighted by Gasteiger charge is -2.07. The maximum Gasteiger partial charge on any atom is 0.194 e. The quantitative estimate of drug-likeness (QED) is 0.750. The number of fused-ring (bicyclic) bond motifs is 1. The lowest BCUT2D eigenvalue weighted by atomic mass is 10.1. The third-order valence-electron chi connectivity index (χ3n) is 3.00. The topological polar surface area (TPSA) is 46.6 Å². The molecule has 4 nitrogen and oxygen atoms in total. The SMILES string of the molecule is CC.CN(C)Cc1csc2nc(-c3ccccc3N)cn12. The summed E-state index contributed by atoms with van der Waals surface area (Å²) in [4.78, 5) is 7.81. The predicted octanol–water partition coefficient (Wildman–Crippen LogP) is 3.73. The molecule has 0 aliphatic rings. The van der Waals surface area contributed by atoms with Crippen molar-refractivity contribution < 1.29 is 0 Å². The Morgan fingerprint density at radius 1 is 1.24 bits per heavy atom. The number of hydrogen-bond donors (Lipinski definition) is 1. The van der Waals surface area contributed by atoms with Crippen molar-refractivity contribution in [1.82, 2.24) is 14.3 Å². The standard InChI is InChI=1S/C14H16N4S.C2H6/c1-17(2)7-10-9-19-14-16-13(8-18(10)14)11-5-3-4-6-12(11)15;1-2/h3-6,8-9H,7,15H2,1-2H3;1-2H3. The van der Waals surface area contributed by atoms with Gasteiger partial charge in [-0.1, -0.05) is 32.0 Å². The van der Waals surface area contributed by atoms with Crippen LogP contribution in [0.3, 0.4) is 0 Å². The maximum absolute atomic E-state index is 6.01. The Balaban J connectivity index is 0.000000774. The van der Waals surface area contributed by atoms with Crippen LogP contribution >= 0.6 is 11.3 Å². The fourth-order valence-corrected chi connectivity index (χ4v) is 2.99. The van der Waals surface area contributed by atoms with Crippen molar-refractivity contribution in [2.45, 2.75) is 20.4 Å². The van der Waals surface area contributed by atoms with Gasteiger partial charge < -0.3 is 10.6 Å². The summed E-state index contributed by atoms with van der Waals surface area (Å²) in [5, 5.41) is 2.15. The van der Waals surface area contributed by atoms with Gasteiger partial charge in [-0.2, -0.15) is 0 Å². The van der Waals surface area contributed by atoms with Crippen molar-refractivity contribution >= 4 is 22.0 Å². The number of imidazole rings is 1. The van der Waals surface area contributed by atoms with Gasteiger partial charge in [0.1, 0.15) is 0 Å². The molecule has 2 heterocycles. The molecule has 0 unspecified atom stereocenters. The minimum absolute atomic E-state index is 0.766. The Bertz CT molecular complexity index is 712. The van der Waals surface area contributed by atoms with Gasteiger partial charge in [0.25, 0.3) is 0 Å². The third-order valence-corrected chi connectivity index (χ3v) is 3.89. The van der Waals surface area contributed by atoms with E-state index in [9.17, 15) is 0 Å². The van der Waals surface area contributed by atoms with Gasteiger partial charge in [0.15, 0.2) is 4.96 Å². The van der Waals surface area contributed by atoms with Gasteiger partial charge in [0, 0.05) is 35.1 Å². The normalized spacial score (nSPS) is 10.7. The highest BCUT2D eigenvalue weighted by Gasteiger charge is 2.11. The number of nitrogens with zero attached hydrogens (tertiary/aromatic N) is 3. The van der Waals surface area contributed by atoms with Crippen LogP contribution in [0.2, 0.25) is 0 Å². The highest BCUT2D eigenvalue weighted by Crippen LogP contribution is 2.27.